The van der Waals surface area contributed by atoms with Crippen molar-refractivity contribution in [3.8, 4) is 0 Å². The van der Waals surface area contributed by atoms with Crippen LogP contribution in [0.4, 0.5) is 16.3 Å². The summed E-state index contributed by atoms with van der Waals surface area (Å²) in [5, 5.41) is 5.77. The van der Waals surface area contributed by atoms with Gasteiger partial charge >= 0.3 is 6.03 Å². The van der Waals surface area contributed by atoms with Gasteiger partial charge in [0.15, 0.2) is 0 Å². The molecule has 2 fully saturated rings. The molecule has 0 radical (unpaired) electrons. The van der Waals surface area contributed by atoms with Crippen LogP contribution in [0.15, 0.2) is 18.3 Å². The minimum Gasteiger partial charge on any atom is -0.378 e. The fourth-order valence-corrected chi connectivity index (χ4v) is 3.21. The van der Waals surface area contributed by atoms with E-state index < -0.39 is 0 Å². The molecule has 8 heteroatoms. The quantitative estimate of drug-likeness (QED) is 0.853. The maximum Gasteiger partial charge on any atom is 0.321 e. The number of urea groups is 1. The molecule has 0 aliphatic carbocycles. The van der Waals surface area contributed by atoms with Crippen LogP contribution in [0.1, 0.15) is 19.8 Å². The van der Waals surface area contributed by atoms with Crippen molar-refractivity contribution in [2.24, 2.45) is 0 Å². The van der Waals surface area contributed by atoms with Crippen molar-refractivity contribution in [1.82, 2.24) is 15.2 Å². The van der Waals surface area contributed by atoms with E-state index in [2.05, 4.69) is 20.5 Å². The van der Waals surface area contributed by atoms with E-state index in [1.807, 2.05) is 12.1 Å². The number of pyridine rings is 1. The van der Waals surface area contributed by atoms with E-state index in [0.717, 1.165) is 31.7 Å². The molecule has 0 spiro atoms. The minimum absolute atomic E-state index is 0.0267. The molecule has 0 bridgehead atoms. The third-order valence-electron chi connectivity index (χ3n) is 4.45. The Balaban J connectivity index is 1.54. The number of piperidine rings is 1. The first kappa shape index (κ1) is 17.5. The maximum atomic E-state index is 12.4. The second-order valence-corrected chi connectivity index (χ2v) is 6.42. The Morgan fingerprint density at radius 3 is 2.72 bits per heavy atom. The number of morpholine rings is 1. The molecule has 2 saturated heterocycles. The second kappa shape index (κ2) is 8.15. The van der Waals surface area contributed by atoms with E-state index in [4.69, 9.17) is 4.74 Å². The van der Waals surface area contributed by atoms with Crippen molar-refractivity contribution >= 4 is 23.4 Å². The van der Waals surface area contributed by atoms with Crippen LogP contribution in [0.25, 0.3) is 0 Å². The van der Waals surface area contributed by atoms with Gasteiger partial charge in [-0.3, -0.25) is 4.79 Å². The van der Waals surface area contributed by atoms with Crippen molar-refractivity contribution in [2.75, 3.05) is 49.6 Å². The molecule has 1 unspecified atom stereocenters. The Hall–Kier alpha value is -2.35. The second-order valence-electron chi connectivity index (χ2n) is 6.42. The molecule has 3 rings (SSSR count). The summed E-state index contributed by atoms with van der Waals surface area (Å²) in [6.07, 6.45) is 3.46. The van der Waals surface area contributed by atoms with E-state index in [1.165, 1.54) is 6.92 Å². The van der Waals surface area contributed by atoms with Crippen LogP contribution >= 0.6 is 0 Å². The van der Waals surface area contributed by atoms with Crippen molar-refractivity contribution in [1.29, 1.82) is 0 Å². The summed E-state index contributed by atoms with van der Waals surface area (Å²) >= 11 is 0. The monoisotopic (exact) mass is 347 g/mol. The van der Waals surface area contributed by atoms with Gasteiger partial charge in [0.25, 0.3) is 0 Å². The van der Waals surface area contributed by atoms with E-state index in [1.54, 1.807) is 11.1 Å². The summed E-state index contributed by atoms with van der Waals surface area (Å²) in [6.45, 7) is 5.82. The molecule has 2 N–H and O–H groups in total. The Kier molecular flexibility index (Phi) is 5.70. The van der Waals surface area contributed by atoms with E-state index >= 15 is 0 Å². The fraction of sp³-hybridized carbons (Fsp3) is 0.588. The van der Waals surface area contributed by atoms with Gasteiger partial charge in [-0.2, -0.15) is 0 Å². The zero-order chi connectivity index (χ0) is 17.6. The third kappa shape index (κ3) is 4.82. The molecule has 25 heavy (non-hydrogen) atoms. The van der Waals surface area contributed by atoms with Crippen LogP contribution in [-0.4, -0.2) is 67.3 Å². The molecule has 3 heterocycles. The molecule has 2 aliphatic rings. The first-order valence-corrected chi connectivity index (χ1v) is 8.73. The Morgan fingerprint density at radius 1 is 1.24 bits per heavy atom. The highest BCUT2D eigenvalue weighted by Gasteiger charge is 2.24. The normalized spacial score (nSPS) is 20.9. The predicted octanol–water partition coefficient (Wildman–Crippen LogP) is 1.05. The number of ether oxygens (including phenoxy) is 1. The van der Waals surface area contributed by atoms with Crippen LogP contribution in [0.5, 0.6) is 0 Å². The average Bonchev–Trinajstić information content (AvgIpc) is 2.63. The number of hydrogen-bond acceptors (Lipinski definition) is 5. The van der Waals surface area contributed by atoms with Gasteiger partial charge in [0, 0.05) is 39.1 Å². The molecule has 0 saturated carbocycles. The summed E-state index contributed by atoms with van der Waals surface area (Å²) in [6, 6.07) is 3.65. The number of hydrogen-bond donors (Lipinski definition) is 2. The number of carbonyl (C=O) groups is 2. The van der Waals surface area contributed by atoms with Crippen LogP contribution in [0.3, 0.4) is 0 Å². The molecule has 1 aromatic rings. The zero-order valence-corrected chi connectivity index (χ0v) is 14.5. The van der Waals surface area contributed by atoms with Crippen molar-refractivity contribution in [3.63, 3.8) is 0 Å². The molecule has 1 aromatic heterocycles. The van der Waals surface area contributed by atoms with Gasteiger partial charge in [-0.1, -0.05) is 0 Å². The summed E-state index contributed by atoms with van der Waals surface area (Å²) in [7, 11) is 0. The van der Waals surface area contributed by atoms with Crippen LogP contribution in [-0.2, 0) is 9.53 Å². The fourth-order valence-electron chi connectivity index (χ4n) is 3.21. The molecular weight excluding hydrogens is 322 g/mol. The number of nitrogens with one attached hydrogen (secondary N) is 2. The lowest BCUT2D eigenvalue weighted by Crippen LogP contribution is -2.50. The van der Waals surface area contributed by atoms with Gasteiger partial charge in [-0.25, -0.2) is 9.78 Å². The van der Waals surface area contributed by atoms with E-state index in [0.29, 0.717) is 32.0 Å². The highest BCUT2D eigenvalue weighted by atomic mass is 16.5. The maximum absolute atomic E-state index is 12.4. The van der Waals surface area contributed by atoms with E-state index in [9.17, 15) is 9.59 Å². The third-order valence-corrected chi connectivity index (χ3v) is 4.45. The number of rotatable bonds is 3. The standard InChI is InChI=1S/C17H25N5O3/c1-13(23)19-15-3-2-6-22(12-15)17(24)20-14-4-5-16(18-11-14)21-7-9-25-10-8-21/h4-5,11,15H,2-3,6-10,12H2,1H3,(H,19,23)(H,20,24). The number of amides is 3. The summed E-state index contributed by atoms with van der Waals surface area (Å²) < 4.78 is 5.34. The van der Waals surface area contributed by atoms with Gasteiger partial charge in [0.2, 0.25) is 5.91 Å². The molecular formula is C17H25N5O3. The largest absolute Gasteiger partial charge is 0.378 e. The number of aromatic nitrogens is 1. The van der Waals surface area contributed by atoms with Gasteiger partial charge in [0.05, 0.1) is 25.1 Å². The lowest BCUT2D eigenvalue weighted by Gasteiger charge is -2.33. The van der Waals surface area contributed by atoms with Gasteiger partial charge < -0.3 is 25.2 Å². The average molecular weight is 347 g/mol. The highest BCUT2D eigenvalue weighted by Crippen LogP contribution is 2.17. The molecule has 2 aliphatic heterocycles. The van der Waals surface area contributed by atoms with Crippen LogP contribution in [0, 0.1) is 0 Å². The summed E-state index contributed by atoms with van der Waals surface area (Å²) in [4.78, 5) is 32.0. The first-order chi connectivity index (χ1) is 12.1. The molecule has 0 aromatic carbocycles. The SMILES string of the molecule is CC(=O)NC1CCCN(C(=O)Nc2ccc(N3CCOCC3)nc2)C1. The summed E-state index contributed by atoms with van der Waals surface area (Å²) in [5.74, 6) is 0.833. The molecule has 136 valence electrons. The van der Waals surface area contributed by atoms with Crippen molar-refractivity contribution in [2.45, 2.75) is 25.8 Å². The lowest BCUT2D eigenvalue weighted by molar-refractivity contribution is -0.119. The van der Waals surface area contributed by atoms with Crippen LogP contribution in [0.2, 0.25) is 0 Å². The minimum atomic E-state index is -0.157. The zero-order valence-electron chi connectivity index (χ0n) is 14.5. The highest BCUT2D eigenvalue weighted by molar-refractivity contribution is 5.89. The summed E-state index contributed by atoms with van der Waals surface area (Å²) in [5.41, 5.74) is 0.670. The van der Waals surface area contributed by atoms with Gasteiger partial charge in [-0.15, -0.1) is 0 Å². The Morgan fingerprint density at radius 2 is 2.04 bits per heavy atom. The number of anilines is 2. The van der Waals surface area contributed by atoms with Crippen molar-refractivity contribution < 1.29 is 14.3 Å². The van der Waals surface area contributed by atoms with Crippen LogP contribution < -0.4 is 15.5 Å². The number of carbonyl (C=O) groups excluding carboxylic acids is 2. The lowest BCUT2D eigenvalue weighted by atomic mass is 10.1. The number of likely N-dealkylation sites (tertiary alicyclic amines) is 1. The predicted molar refractivity (Wildman–Crippen MR) is 94.7 cm³/mol. The molecule has 1 atom stereocenters. The van der Waals surface area contributed by atoms with Crippen molar-refractivity contribution in [3.05, 3.63) is 18.3 Å². The van der Waals surface area contributed by atoms with E-state index in [-0.39, 0.29) is 18.0 Å². The Bertz CT molecular complexity index is 601. The Labute approximate surface area is 147 Å². The van der Waals surface area contributed by atoms with Gasteiger partial charge in [-0.05, 0) is 25.0 Å². The number of nitrogens with zero attached hydrogens (tertiary/aromatic N) is 3. The van der Waals surface area contributed by atoms with Gasteiger partial charge in [0.1, 0.15) is 5.82 Å². The topological polar surface area (TPSA) is 86.8 Å². The first-order valence-electron chi connectivity index (χ1n) is 8.73. The molecule has 3 amide bonds. The smallest absolute Gasteiger partial charge is 0.321 e. The molecule has 8 nitrogen and oxygen atoms in total.